The molecule has 0 N–H and O–H groups in total. The van der Waals surface area contributed by atoms with Crippen LogP contribution in [0, 0.1) is 0 Å². The molecule has 0 amide bonds. The Balaban J connectivity index is 0. The van der Waals surface area contributed by atoms with Crippen molar-refractivity contribution >= 4 is 0 Å². The molecule has 2 heteroatoms. The molecular weight excluding hydrogens is 164 g/mol. The zero-order valence-corrected chi connectivity index (χ0v) is 10.1. The second-order valence-electron chi connectivity index (χ2n) is 2.31. The first-order chi connectivity index (χ1) is 6.33. The normalized spacial score (nSPS) is 18.0. The highest BCUT2D eigenvalue weighted by Crippen LogP contribution is 2.25. The van der Waals surface area contributed by atoms with Crippen molar-refractivity contribution in [1.82, 2.24) is 0 Å². The van der Waals surface area contributed by atoms with Gasteiger partial charge in [0.05, 0.1) is 13.2 Å². The molecule has 0 saturated carbocycles. The summed E-state index contributed by atoms with van der Waals surface area (Å²) in [6, 6.07) is 0. The molecular formula is C11H26O2. The van der Waals surface area contributed by atoms with E-state index >= 15 is 0 Å². The highest BCUT2D eigenvalue weighted by molar-refractivity contribution is 4.69. The van der Waals surface area contributed by atoms with Crippen LogP contribution in [0.3, 0.4) is 0 Å². The third kappa shape index (κ3) is 5.27. The third-order valence-electron chi connectivity index (χ3n) is 1.89. The van der Waals surface area contributed by atoms with Gasteiger partial charge >= 0.3 is 0 Å². The van der Waals surface area contributed by atoms with E-state index in [-0.39, 0.29) is 5.79 Å². The average Bonchev–Trinajstić information content (AvgIpc) is 2.73. The van der Waals surface area contributed by atoms with Crippen LogP contribution < -0.4 is 0 Å². The molecule has 0 unspecified atom stereocenters. The van der Waals surface area contributed by atoms with Crippen molar-refractivity contribution in [2.75, 3.05) is 13.2 Å². The van der Waals surface area contributed by atoms with Crippen LogP contribution in [0.5, 0.6) is 0 Å². The first kappa shape index (κ1) is 15.4. The molecule has 0 aromatic heterocycles. The Morgan fingerprint density at radius 3 is 1.31 bits per heavy atom. The predicted octanol–water partition coefficient (Wildman–Crippen LogP) is 3.60. The maximum Gasteiger partial charge on any atom is 0.167 e. The van der Waals surface area contributed by atoms with Gasteiger partial charge in [-0.05, 0) is 12.8 Å². The van der Waals surface area contributed by atoms with Gasteiger partial charge in [0.1, 0.15) is 0 Å². The lowest BCUT2D eigenvalue weighted by atomic mass is 10.1. The smallest absolute Gasteiger partial charge is 0.167 e. The minimum absolute atomic E-state index is 0.222. The van der Waals surface area contributed by atoms with Crippen molar-refractivity contribution in [2.24, 2.45) is 0 Å². The first-order valence-corrected chi connectivity index (χ1v) is 5.61. The summed E-state index contributed by atoms with van der Waals surface area (Å²) in [6.07, 6.45) is 1.92. The van der Waals surface area contributed by atoms with Crippen molar-refractivity contribution in [3.05, 3.63) is 0 Å². The molecule has 82 valence electrons. The molecule has 1 aliphatic rings. The SMILES string of the molecule is CC.CC.CCC1(CC)OCCO1. The second kappa shape index (κ2) is 10.0. The summed E-state index contributed by atoms with van der Waals surface area (Å²) in [5, 5.41) is 0. The van der Waals surface area contributed by atoms with E-state index in [1.165, 1.54) is 0 Å². The summed E-state index contributed by atoms with van der Waals surface area (Å²) in [4.78, 5) is 0. The van der Waals surface area contributed by atoms with Crippen LogP contribution in [0.2, 0.25) is 0 Å². The fourth-order valence-electron chi connectivity index (χ4n) is 1.16. The zero-order valence-electron chi connectivity index (χ0n) is 10.1. The lowest BCUT2D eigenvalue weighted by Gasteiger charge is -2.23. The van der Waals surface area contributed by atoms with E-state index in [0.717, 1.165) is 26.1 Å². The topological polar surface area (TPSA) is 18.5 Å². The van der Waals surface area contributed by atoms with Gasteiger partial charge in [-0.1, -0.05) is 41.5 Å². The molecule has 0 radical (unpaired) electrons. The Morgan fingerprint density at radius 2 is 1.15 bits per heavy atom. The second-order valence-corrected chi connectivity index (χ2v) is 2.31. The van der Waals surface area contributed by atoms with Gasteiger partial charge in [0.25, 0.3) is 0 Å². The standard InChI is InChI=1S/C7H14O2.2C2H6/c1-3-7(4-2)8-5-6-9-7;2*1-2/h3-6H2,1-2H3;2*1-2H3. The van der Waals surface area contributed by atoms with Crippen LogP contribution in [0.4, 0.5) is 0 Å². The molecule has 1 aliphatic heterocycles. The predicted molar refractivity (Wildman–Crippen MR) is 57.9 cm³/mol. The van der Waals surface area contributed by atoms with Gasteiger partial charge in [0.2, 0.25) is 0 Å². The van der Waals surface area contributed by atoms with Crippen LogP contribution >= 0.6 is 0 Å². The summed E-state index contributed by atoms with van der Waals surface area (Å²) >= 11 is 0. The Kier molecular flexibility index (Phi) is 11.8. The Labute approximate surface area is 83.6 Å². The number of rotatable bonds is 2. The van der Waals surface area contributed by atoms with Crippen LogP contribution in [-0.2, 0) is 9.47 Å². The maximum absolute atomic E-state index is 5.42. The van der Waals surface area contributed by atoms with E-state index < -0.39 is 0 Å². The average molecular weight is 190 g/mol. The molecule has 1 fully saturated rings. The lowest BCUT2D eigenvalue weighted by Crippen LogP contribution is -2.27. The van der Waals surface area contributed by atoms with Crippen molar-refractivity contribution in [3.63, 3.8) is 0 Å². The molecule has 1 heterocycles. The van der Waals surface area contributed by atoms with Gasteiger partial charge in [-0.15, -0.1) is 0 Å². The lowest BCUT2D eigenvalue weighted by molar-refractivity contribution is -0.160. The van der Waals surface area contributed by atoms with Gasteiger partial charge in [0, 0.05) is 0 Å². The fourth-order valence-corrected chi connectivity index (χ4v) is 1.16. The summed E-state index contributed by atoms with van der Waals surface area (Å²) < 4.78 is 10.8. The zero-order chi connectivity index (χ0) is 10.7. The van der Waals surface area contributed by atoms with Gasteiger partial charge < -0.3 is 9.47 Å². The Bertz CT molecular complexity index is 80.1. The summed E-state index contributed by atoms with van der Waals surface area (Å²) in [5.41, 5.74) is 0. The van der Waals surface area contributed by atoms with Gasteiger partial charge in [-0.3, -0.25) is 0 Å². The van der Waals surface area contributed by atoms with Crippen molar-refractivity contribution in [2.45, 2.75) is 60.2 Å². The van der Waals surface area contributed by atoms with E-state index in [4.69, 9.17) is 9.47 Å². The van der Waals surface area contributed by atoms with Crippen molar-refractivity contribution in [3.8, 4) is 0 Å². The minimum Gasteiger partial charge on any atom is -0.348 e. The van der Waals surface area contributed by atoms with E-state index in [1.54, 1.807) is 0 Å². The molecule has 0 bridgehead atoms. The largest absolute Gasteiger partial charge is 0.348 e. The minimum atomic E-state index is -0.222. The quantitative estimate of drug-likeness (QED) is 0.662. The highest BCUT2D eigenvalue weighted by Gasteiger charge is 2.31. The summed E-state index contributed by atoms with van der Waals surface area (Å²) in [5.74, 6) is -0.222. The number of hydrogen-bond acceptors (Lipinski definition) is 2. The molecule has 1 rings (SSSR count). The Morgan fingerprint density at radius 1 is 0.846 bits per heavy atom. The molecule has 0 aliphatic carbocycles. The molecule has 1 saturated heterocycles. The summed E-state index contributed by atoms with van der Waals surface area (Å²) in [7, 11) is 0. The van der Waals surface area contributed by atoms with Gasteiger partial charge in [0.15, 0.2) is 5.79 Å². The van der Waals surface area contributed by atoms with Crippen molar-refractivity contribution < 1.29 is 9.47 Å². The number of ether oxygens (including phenoxy) is 2. The van der Waals surface area contributed by atoms with Crippen molar-refractivity contribution in [1.29, 1.82) is 0 Å². The molecule has 13 heavy (non-hydrogen) atoms. The van der Waals surface area contributed by atoms with Crippen LogP contribution in [0.25, 0.3) is 0 Å². The van der Waals surface area contributed by atoms with E-state index in [0.29, 0.717) is 0 Å². The molecule has 0 atom stereocenters. The van der Waals surface area contributed by atoms with E-state index in [9.17, 15) is 0 Å². The molecule has 0 aromatic carbocycles. The van der Waals surface area contributed by atoms with Gasteiger partial charge in [-0.25, -0.2) is 0 Å². The summed E-state index contributed by atoms with van der Waals surface area (Å²) in [6.45, 7) is 13.7. The van der Waals surface area contributed by atoms with E-state index in [1.807, 2.05) is 27.7 Å². The van der Waals surface area contributed by atoms with Crippen LogP contribution in [0.1, 0.15) is 54.4 Å². The monoisotopic (exact) mass is 190 g/mol. The third-order valence-corrected chi connectivity index (χ3v) is 1.89. The maximum atomic E-state index is 5.42. The van der Waals surface area contributed by atoms with Crippen LogP contribution in [-0.4, -0.2) is 19.0 Å². The number of hydrogen-bond donors (Lipinski definition) is 0. The Hall–Kier alpha value is -0.0800. The fraction of sp³-hybridized carbons (Fsp3) is 1.00. The molecule has 0 spiro atoms. The first-order valence-electron chi connectivity index (χ1n) is 5.61. The van der Waals surface area contributed by atoms with Crippen LogP contribution in [0.15, 0.2) is 0 Å². The van der Waals surface area contributed by atoms with Gasteiger partial charge in [-0.2, -0.15) is 0 Å². The molecule has 0 aromatic rings. The molecule has 2 nitrogen and oxygen atoms in total. The van der Waals surface area contributed by atoms with E-state index in [2.05, 4.69) is 13.8 Å². The highest BCUT2D eigenvalue weighted by atomic mass is 16.7.